The summed E-state index contributed by atoms with van der Waals surface area (Å²) in [6.45, 7) is 2.43. The molecule has 0 saturated heterocycles. The summed E-state index contributed by atoms with van der Waals surface area (Å²) in [6.07, 6.45) is 2.21. The lowest BCUT2D eigenvalue weighted by molar-refractivity contribution is 0.0996. The van der Waals surface area contributed by atoms with Gasteiger partial charge in [-0.2, -0.15) is 5.10 Å². The number of hydrogen-bond donors (Lipinski definition) is 3. The second kappa shape index (κ2) is 7.18. The van der Waals surface area contributed by atoms with Crippen LogP contribution in [0.25, 0.3) is 0 Å². The molecule has 24 heavy (non-hydrogen) atoms. The van der Waals surface area contributed by atoms with Crippen LogP contribution in [0.15, 0.2) is 41.0 Å². The second-order valence-corrected chi connectivity index (χ2v) is 5.46. The molecule has 0 fully saturated rings. The van der Waals surface area contributed by atoms with E-state index < -0.39 is 0 Å². The van der Waals surface area contributed by atoms with E-state index in [0.717, 1.165) is 12.2 Å². The molecule has 0 aliphatic rings. The van der Waals surface area contributed by atoms with Crippen LogP contribution in [0.3, 0.4) is 0 Å². The van der Waals surface area contributed by atoms with Gasteiger partial charge < -0.3 is 15.1 Å². The molecule has 7 nitrogen and oxygen atoms in total. The smallest absolute Gasteiger partial charge is 0.291 e. The first-order valence-corrected chi connectivity index (χ1v) is 7.82. The van der Waals surface area contributed by atoms with Crippen molar-refractivity contribution in [1.82, 2.24) is 15.2 Å². The Bertz CT molecular complexity index is 829. The summed E-state index contributed by atoms with van der Waals surface area (Å²) in [4.78, 5) is 16.5. The Kier molecular flexibility index (Phi) is 4.81. The summed E-state index contributed by atoms with van der Waals surface area (Å²) in [5.74, 6) is 1.35. The molecule has 0 aliphatic carbocycles. The minimum Gasteiger partial charge on any atom is -0.459 e. The number of nitrogens with one attached hydrogen (secondary N) is 3. The van der Waals surface area contributed by atoms with Crippen molar-refractivity contribution in [3.05, 3.63) is 59.0 Å². The molecule has 2 aromatic heterocycles. The van der Waals surface area contributed by atoms with Gasteiger partial charge in [-0.05, 0) is 30.3 Å². The first-order chi connectivity index (χ1) is 11.7. The van der Waals surface area contributed by atoms with Gasteiger partial charge in [-0.1, -0.05) is 18.5 Å². The van der Waals surface area contributed by atoms with E-state index in [9.17, 15) is 4.79 Å². The van der Waals surface area contributed by atoms with Crippen molar-refractivity contribution in [2.24, 2.45) is 0 Å². The molecule has 0 radical (unpaired) electrons. The van der Waals surface area contributed by atoms with E-state index in [1.54, 1.807) is 30.3 Å². The molecule has 0 unspecified atom stereocenters. The summed E-state index contributed by atoms with van der Waals surface area (Å²) in [5.41, 5.74) is 1.27. The summed E-state index contributed by atoms with van der Waals surface area (Å²) in [7, 11) is 0. The molecule has 1 amide bonds. The maximum atomic E-state index is 12.2. The molecular weight excluding hydrogens is 330 g/mol. The molecule has 3 aromatic rings. The summed E-state index contributed by atoms with van der Waals surface area (Å²) in [6, 6.07) is 8.44. The van der Waals surface area contributed by atoms with Crippen molar-refractivity contribution >= 4 is 28.9 Å². The number of aromatic amines is 1. The third kappa shape index (κ3) is 3.75. The Morgan fingerprint density at radius 3 is 2.92 bits per heavy atom. The number of amides is 1. The zero-order valence-corrected chi connectivity index (χ0v) is 13.7. The molecule has 1 aromatic carbocycles. The van der Waals surface area contributed by atoms with Gasteiger partial charge in [0.25, 0.3) is 5.91 Å². The normalized spacial score (nSPS) is 10.6. The van der Waals surface area contributed by atoms with Crippen LogP contribution < -0.4 is 10.6 Å². The summed E-state index contributed by atoms with van der Waals surface area (Å²) < 4.78 is 5.09. The number of nitrogens with zero attached hydrogens (tertiary/aromatic N) is 2. The lowest BCUT2D eigenvalue weighted by Gasteiger charge is -2.12. The maximum Gasteiger partial charge on any atom is 0.291 e. The number of rotatable bonds is 6. The van der Waals surface area contributed by atoms with Crippen LogP contribution in [0.2, 0.25) is 5.02 Å². The lowest BCUT2D eigenvalue weighted by Crippen LogP contribution is -2.13. The largest absolute Gasteiger partial charge is 0.459 e. The number of H-pyrrole nitrogens is 1. The van der Waals surface area contributed by atoms with E-state index in [0.29, 0.717) is 28.8 Å². The molecule has 124 valence electrons. The predicted molar refractivity (Wildman–Crippen MR) is 91.2 cm³/mol. The van der Waals surface area contributed by atoms with E-state index >= 15 is 0 Å². The minimum atomic E-state index is -0.349. The van der Waals surface area contributed by atoms with Crippen LogP contribution in [-0.4, -0.2) is 21.1 Å². The van der Waals surface area contributed by atoms with Crippen LogP contribution in [0, 0.1) is 0 Å². The number of carbonyl (C=O) groups is 1. The van der Waals surface area contributed by atoms with Crippen LogP contribution in [0.5, 0.6) is 0 Å². The van der Waals surface area contributed by atoms with E-state index in [2.05, 4.69) is 25.8 Å². The highest BCUT2D eigenvalue weighted by atomic mass is 35.5. The first kappa shape index (κ1) is 16.1. The van der Waals surface area contributed by atoms with Crippen LogP contribution in [0.1, 0.15) is 29.1 Å². The minimum absolute atomic E-state index is 0.226. The van der Waals surface area contributed by atoms with Gasteiger partial charge in [-0.3, -0.25) is 9.89 Å². The molecule has 3 rings (SSSR count). The Balaban J connectivity index is 1.74. The number of carbonyl (C=O) groups excluding carboxylic acids is 1. The number of benzene rings is 1. The number of aryl methyl sites for hydroxylation is 1. The van der Waals surface area contributed by atoms with Crippen LogP contribution >= 0.6 is 11.6 Å². The fourth-order valence-corrected chi connectivity index (χ4v) is 2.29. The van der Waals surface area contributed by atoms with E-state index in [1.165, 1.54) is 6.26 Å². The fraction of sp³-hybridized carbons (Fsp3) is 0.188. The molecule has 8 heteroatoms. The van der Waals surface area contributed by atoms with Crippen molar-refractivity contribution in [2.45, 2.75) is 19.9 Å². The molecule has 0 bridgehead atoms. The van der Waals surface area contributed by atoms with Crippen molar-refractivity contribution in [1.29, 1.82) is 0 Å². The standard InChI is InChI=1S/C16H16ClN5O2/c1-2-14-20-15(22-21-14)9-18-11-6-5-10(17)8-12(11)19-16(23)13-4-3-7-24-13/h3-8,18H,2,9H2,1H3,(H,19,23)(H,20,21,22). The molecule has 0 spiro atoms. The Morgan fingerprint density at radius 2 is 2.21 bits per heavy atom. The first-order valence-electron chi connectivity index (χ1n) is 7.44. The zero-order chi connectivity index (χ0) is 16.9. The van der Waals surface area contributed by atoms with Crippen LogP contribution in [-0.2, 0) is 13.0 Å². The number of hydrogen-bond acceptors (Lipinski definition) is 5. The van der Waals surface area contributed by atoms with E-state index in [-0.39, 0.29) is 11.7 Å². The third-order valence-electron chi connectivity index (χ3n) is 3.32. The molecule has 0 aliphatic heterocycles. The summed E-state index contributed by atoms with van der Waals surface area (Å²) >= 11 is 6.03. The Labute approximate surface area is 143 Å². The van der Waals surface area contributed by atoms with E-state index in [1.807, 2.05) is 6.92 Å². The quantitative estimate of drug-likeness (QED) is 0.635. The van der Waals surface area contributed by atoms with Crippen molar-refractivity contribution in [3.8, 4) is 0 Å². The molecule has 2 heterocycles. The number of halogens is 1. The van der Waals surface area contributed by atoms with Gasteiger partial charge in [0, 0.05) is 11.4 Å². The summed E-state index contributed by atoms with van der Waals surface area (Å²) in [5, 5.41) is 13.5. The number of furan rings is 1. The molecular formula is C16H16ClN5O2. The molecule has 0 atom stereocenters. The van der Waals surface area contributed by atoms with Gasteiger partial charge in [0.1, 0.15) is 5.82 Å². The molecule has 3 N–H and O–H groups in total. The predicted octanol–water partition coefficient (Wildman–Crippen LogP) is 3.48. The lowest BCUT2D eigenvalue weighted by atomic mass is 10.2. The average molecular weight is 346 g/mol. The number of aromatic nitrogens is 3. The van der Waals surface area contributed by atoms with Gasteiger partial charge in [0.2, 0.25) is 0 Å². The van der Waals surface area contributed by atoms with Crippen molar-refractivity contribution in [2.75, 3.05) is 10.6 Å². The number of anilines is 2. The SMILES string of the molecule is CCc1n[nH]c(CNc2ccc(Cl)cc2NC(=O)c2ccco2)n1. The van der Waals surface area contributed by atoms with Crippen molar-refractivity contribution < 1.29 is 9.21 Å². The van der Waals surface area contributed by atoms with Gasteiger partial charge >= 0.3 is 0 Å². The topological polar surface area (TPSA) is 95.8 Å². The van der Waals surface area contributed by atoms with Gasteiger partial charge in [-0.25, -0.2) is 4.98 Å². The van der Waals surface area contributed by atoms with E-state index in [4.69, 9.17) is 16.0 Å². The Hall–Kier alpha value is -2.80. The van der Waals surface area contributed by atoms with Gasteiger partial charge in [0.15, 0.2) is 11.6 Å². The third-order valence-corrected chi connectivity index (χ3v) is 3.55. The van der Waals surface area contributed by atoms with Gasteiger partial charge in [0.05, 0.1) is 24.2 Å². The maximum absolute atomic E-state index is 12.2. The zero-order valence-electron chi connectivity index (χ0n) is 13.0. The highest BCUT2D eigenvalue weighted by Gasteiger charge is 2.12. The van der Waals surface area contributed by atoms with Crippen molar-refractivity contribution in [3.63, 3.8) is 0 Å². The highest BCUT2D eigenvalue weighted by Crippen LogP contribution is 2.26. The van der Waals surface area contributed by atoms with Gasteiger partial charge in [-0.15, -0.1) is 0 Å². The van der Waals surface area contributed by atoms with Crippen LogP contribution in [0.4, 0.5) is 11.4 Å². The molecule has 0 saturated carbocycles. The monoisotopic (exact) mass is 345 g/mol. The fourth-order valence-electron chi connectivity index (χ4n) is 2.12. The highest BCUT2D eigenvalue weighted by molar-refractivity contribution is 6.31. The Morgan fingerprint density at radius 1 is 1.33 bits per heavy atom. The second-order valence-electron chi connectivity index (χ2n) is 5.03. The average Bonchev–Trinajstić information content (AvgIpc) is 3.26.